The van der Waals surface area contributed by atoms with E-state index in [9.17, 15) is 9.59 Å². The number of likely N-dealkylation sites (N-methyl/N-ethyl adjacent to an activating group) is 1. The van der Waals surface area contributed by atoms with E-state index < -0.39 is 5.97 Å². The number of nitrogens with zero attached hydrogens (tertiary/aromatic N) is 2. The predicted octanol–water partition coefficient (Wildman–Crippen LogP) is 3.18. The molecule has 0 saturated carbocycles. The molecule has 0 aliphatic heterocycles. The number of carbonyl (C=O) groups is 2. The van der Waals surface area contributed by atoms with E-state index in [1.807, 2.05) is 63.2 Å². The normalized spacial score (nSPS) is 10.3. The van der Waals surface area contributed by atoms with Crippen LogP contribution in [0.5, 0.6) is 0 Å². The molecule has 0 N–H and O–H groups in total. The number of rotatable bonds is 6. The Hall–Kier alpha value is -2.82. The molecule has 0 aliphatic rings. The number of anilines is 1. The summed E-state index contributed by atoms with van der Waals surface area (Å²) in [4.78, 5) is 27.9. The Morgan fingerprint density at radius 3 is 2.04 bits per heavy atom. The lowest BCUT2D eigenvalue weighted by Crippen LogP contribution is -2.30. The quantitative estimate of drug-likeness (QED) is 0.748. The number of carbonyl (C=O) groups excluding carboxylic acids is 2. The second-order valence-corrected chi connectivity index (χ2v) is 6.76. The summed E-state index contributed by atoms with van der Waals surface area (Å²) in [5.41, 5.74) is 4.57. The van der Waals surface area contributed by atoms with E-state index in [1.54, 1.807) is 24.1 Å². The molecule has 26 heavy (non-hydrogen) atoms. The molecule has 2 aromatic carbocycles. The molecule has 0 saturated heterocycles. The summed E-state index contributed by atoms with van der Waals surface area (Å²) in [5.74, 6) is -0.715. The molecule has 0 bridgehead atoms. The molecule has 0 unspecified atom stereocenters. The lowest BCUT2D eigenvalue weighted by Gasteiger charge is -2.18. The second kappa shape index (κ2) is 8.52. The number of hydrogen-bond acceptors (Lipinski definition) is 4. The van der Waals surface area contributed by atoms with E-state index in [2.05, 4.69) is 0 Å². The lowest BCUT2D eigenvalue weighted by molar-refractivity contribution is -0.133. The SMILES string of the molecule is Cc1cc(C)cc(C(=O)OCC(=O)N(C)Cc2ccc(N(C)C)cc2)c1. The monoisotopic (exact) mass is 354 g/mol. The van der Waals surface area contributed by atoms with Gasteiger partial charge in [0.05, 0.1) is 5.56 Å². The van der Waals surface area contributed by atoms with Crippen molar-refractivity contribution < 1.29 is 14.3 Å². The van der Waals surface area contributed by atoms with Gasteiger partial charge in [-0.1, -0.05) is 29.3 Å². The van der Waals surface area contributed by atoms with Gasteiger partial charge in [0.2, 0.25) is 0 Å². The van der Waals surface area contributed by atoms with Crippen LogP contribution in [0.15, 0.2) is 42.5 Å². The molecule has 2 rings (SSSR count). The molecule has 0 aromatic heterocycles. The van der Waals surface area contributed by atoms with Crippen molar-refractivity contribution in [2.75, 3.05) is 32.6 Å². The first-order valence-electron chi connectivity index (χ1n) is 8.52. The number of amides is 1. The molecule has 1 amide bonds. The molecule has 0 heterocycles. The zero-order chi connectivity index (χ0) is 19.3. The van der Waals surface area contributed by atoms with Gasteiger partial charge in [0.15, 0.2) is 6.61 Å². The summed E-state index contributed by atoms with van der Waals surface area (Å²) in [5, 5.41) is 0. The Morgan fingerprint density at radius 2 is 1.50 bits per heavy atom. The standard InChI is InChI=1S/C21H26N2O3/c1-15-10-16(2)12-18(11-15)21(25)26-14-20(24)23(5)13-17-6-8-19(9-7-17)22(3)4/h6-12H,13-14H2,1-5H3. The summed E-state index contributed by atoms with van der Waals surface area (Å²) >= 11 is 0. The van der Waals surface area contributed by atoms with Gasteiger partial charge in [0, 0.05) is 33.4 Å². The van der Waals surface area contributed by atoms with Gasteiger partial charge in [-0.25, -0.2) is 4.79 Å². The predicted molar refractivity (Wildman–Crippen MR) is 103 cm³/mol. The number of hydrogen-bond donors (Lipinski definition) is 0. The minimum atomic E-state index is -0.478. The van der Waals surface area contributed by atoms with Gasteiger partial charge >= 0.3 is 5.97 Å². The highest BCUT2D eigenvalue weighted by atomic mass is 16.5. The summed E-state index contributed by atoms with van der Waals surface area (Å²) in [6, 6.07) is 13.5. The van der Waals surface area contributed by atoms with Crippen molar-refractivity contribution in [3.8, 4) is 0 Å². The van der Waals surface area contributed by atoms with Crippen molar-refractivity contribution in [3.63, 3.8) is 0 Å². The minimum Gasteiger partial charge on any atom is -0.452 e. The van der Waals surface area contributed by atoms with Gasteiger partial charge in [0.1, 0.15) is 0 Å². The van der Waals surface area contributed by atoms with Crippen molar-refractivity contribution >= 4 is 17.6 Å². The van der Waals surface area contributed by atoms with Crippen LogP contribution in [0.1, 0.15) is 27.0 Å². The molecule has 5 heteroatoms. The molecular weight excluding hydrogens is 328 g/mol. The van der Waals surface area contributed by atoms with E-state index in [-0.39, 0.29) is 12.5 Å². The van der Waals surface area contributed by atoms with Crippen molar-refractivity contribution in [2.45, 2.75) is 20.4 Å². The van der Waals surface area contributed by atoms with Crippen molar-refractivity contribution in [1.29, 1.82) is 0 Å². The van der Waals surface area contributed by atoms with Crippen LogP contribution < -0.4 is 4.90 Å². The Balaban J connectivity index is 1.89. The molecule has 2 aromatic rings. The Bertz CT molecular complexity index is 762. The van der Waals surface area contributed by atoms with E-state index >= 15 is 0 Å². The molecule has 0 aliphatic carbocycles. The second-order valence-electron chi connectivity index (χ2n) is 6.76. The highest BCUT2D eigenvalue weighted by Gasteiger charge is 2.14. The van der Waals surface area contributed by atoms with E-state index in [0.29, 0.717) is 12.1 Å². The van der Waals surface area contributed by atoms with Crippen molar-refractivity contribution in [2.24, 2.45) is 0 Å². The van der Waals surface area contributed by atoms with Crippen LogP contribution in [-0.4, -0.2) is 44.5 Å². The zero-order valence-electron chi connectivity index (χ0n) is 16.1. The highest BCUT2D eigenvalue weighted by Crippen LogP contribution is 2.14. The van der Waals surface area contributed by atoms with Crippen LogP contribution in [0.4, 0.5) is 5.69 Å². The molecule has 5 nitrogen and oxygen atoms in total. The Labute approximate surface area is 155 Å². The summed E-state index contributed by atoms with van der Waals surface area (Å²) in [7, 11) is 5.66. The average Bonchev–Trinajstić information content (AvgIpc) is 2.58. The van der Waals surface area contributed by atoms with E-state index in [0.717, 1.165) is 22.4 Å². The lowest BCUT2D eigenvalue weighted by atomic mass is 10.1. The first-order chi connectivity index (χ1) is 12.3. The highest BCUT2D eigenvalue weighted by molar-refractivity contribution is 5.91. The minimum absolute atomic E-state index is 0.237. The van der Waals surface area contributed by atoms with Crippen LogP contribution in [0, 0.1) is 13.8 Å². The summed E-state index contributed by atoms with van der Waals surface area (Å²) < 4.78 is 5.17. The van der Waals surface area contributed by atoms with Gasteiger partial charge in [-0.2, -0.15) is 0 Å². The Morgan fingerprint density at radius 1 is 0.923 bits per heavy atom. The Kier molecular flexibility index (Phi) is 6.39. The van der Waals surface area contributed by atoms with Gasteiger partial charge in [-0.05, 0) is 43.7 Å². The van der Waals surface area contributed by atoms with Gasteiger partial charge in [0.25, 0.3) is 5.91 Å². The van der Waals surface area contributed by atoms with Crippen LogP contribution in [0.2, 0.25) is 0 Å². The zero-order valence-corrected chi connectivity index (χ0v) is 16.1. The fraction of sp³-hybridized carbons (Fsp3) is 0.333. The average molecular weight is 354 g/mol. The van der Waals surface area contributed by atoms with Gasteiger partial charge in [-0.15, -0.1) is 0 Å². The third kappa shape index (κ3) is 5.34. The molecule has 0 spiro atoms. The first-order valence-corrected chi connectivity index (χ1v) is 8.52. The largest absolute Gasteiger partial charge is 0.452 e. The molecule has 0 atom stereocenters. The summed E-state index contributed by atoms with van der Waals surface area (Å²) in [6.07, 6.45) is 0. The number of esters is 1. The smallest absolute Gasteiger partial charge is 0.338 e. The van der Waals surface area contributed by atoms with Gasteiger partial charge in [-0.3, -0.25) is 4.79 Å². The maximum absolute atomic E-state index is 12.2. The first kappa shape index (κ1) is 19.5. The van der Waals surface area contributed by atoms with E-state index in [1.165, 1.54) is 0 Å². The third-order valence-corrected chi connectivity index (χ3v) is 4.08. The maximum Gasteiger partial charge on any atom is 0.338 e. The number of ether oxygens (including phenoxy) is 1. The maximum atomic E-state index is 12.2. The van der Waals surface area contributed by atoms with Crippen molar-refractivity contribution in [3.05, 3.63) is 64.7 Å². The van der Waals surface area contributed by atoms with Gasteiger partial charge < -0.3 is 14.5 Å². The van der Waals surface area contributed by atoms with Crippen LogP contribution in [0.25, 0.3) is 0 Å². The van der Waals surface area contributed by atoms with Crippen LogP contribution >= 0.6 is 0 Å². The van der Waals surface area contributed by atoms with E-state index in [4.69, 9.17) is 4.74 Å². The van der Waals surface area contributed by atoms with Crippen LogP contribution in [0.3, 0.4) is 0 Å². The fourth-order valence-corrected chi connectivity index (χ4v) is 2.67. The molecule has 0 fully saturated rings. The third-order valence-electron chi connectivity index (χ3n) is 4.08. The molecule has 138 valence electrons. The van der Waals surface area contributed by atoms with Crippen LogP contribution in [-0.2, 0) is 16.1 Å². The van der Waals surface area contributed by atoms with Crippen molar-refractivity contribution in [1.82, 2.24) is 4.90 Å². The summed E-state index contributed by atoms with van der Waals surface area (Å²) in [6.45, 7) is 4.04. The topological polar surface area (TPSA) is 49.9 Å². The number of aryl methyl sites for hydroxylation is 2. The molecule has 0 radical (unpaired) electrons. The number of benzene rings is 2. The fourth-order valence-electron chi connectivity index (χ4n) is 2.67. The molecular formula is C21H26N2O3.